The summed E-state index contributed by atoms with van der Waals surface area (Å²) in [5.74, 6) is 1.09. The highest BCUT2D eigenvalue weighted by molar-refractivity contribution is 6.07. The number of benzene rings is 2. The Kier molecular flexibility index (Phi) is 5.66. The smallest absolute Gasteiger partial charge is 0.214 e. The van der Waals surface area contributed by atoms with E-state index >= 15 is 0 Å². The van der Waals surface area contributed by atoms with Crippen LogP contribution in [0.25, 0.3) is 11.0 Å². The fourth-order valence-electron chi connectivity index (χ4n) is 3.21. The molecule has 142 valence electrons. The van der Waals surface area contributed by atoms with E-state index in [1.54, 1.807) is 7.11 Å². The van der Waals surface area contributed by atoms with Gasteiger partial charge < -0.3 is 14.1 Å². The second kappa shape index (κ2) is 8.14. The van der Waals surface area contributed by atoms with Gasteiger partial charge in [0.1, 0.15) is 0 Å². The molecule has 0 radical (unpaired) electrons. The third kappa shape index (κ3) is 3.61. The van der Waals surface area contributed by atoms with Gasteiger partial charge in [-0.2, -0.15) is 0 Å². The van der Waals surface area contributed by atoms with Gasteiger partial charge in [-0.05, 0) is 50.6 Å². The van der Waals surface area contributed by atoms with Crippen LogP contribution in [-0.2, 0) is 0 Å². The standard InChI is InChI=1S/C21H25N3O3/c1-5-24(6-2)17-12-8-11-16-18(17)27-20(19(16)26-4)21(23-25)22-15-10-7-9-14(3)13-15/h7-13,25H,5-6H2,1-4H3,(H,22,23). The fourth-order valence-corrected chi connectivity index (χ4v) is 3.21. The Morgan fingerprint density at radius 3 is 2.56 bits per heavy atom. The second-order valence-electron chi connectivity index (χ2n) is 6.20. The average Bonchev–Trinajstić information content (AvgIpc) is 3.06. The molecule has 6 heteroatoms. The van der Waals surface area contributed by atoms with Crippen LogP contribution in [0, 0.1) is 6.92 Å². The van der Waals surface area contributed by atoms with Gasteiger partial charge in [-0.1, -0.05) is 18.2 Å². The zero-order valence-electron chi connectivity index (χ0n) is 16.1. The van der Waals surface area contributed by atoms with E-state index in [4.69, 9.17) is 9.15 Å². The van der Waals surface area contributed by atoms with E-state index in [2.05, 4.69) is 29.2 Å². The highest BCUT2D eigenvalue weighted by atomic mass is 16.5. The van der Waals surface area contributed by atoms with Gasteiger partial charge in [-0.25, -0.2) is 10.5 Å². The SMILES string of the molecule is CCN(CC)c1cccc2c(OC)c(C(=Nc3cccc(C)c3)NO)oc12. The number of anilines is 1. The highest BCUT2D eigenvalue weighted by Crippen LogP contribution is 2.38. The average molecular weight is 367 g/mol. The molecule has 3 rings (SSSR count). The normalized spacial score (nSPS) is 11.7. The third-order valence-corrected chi connectivity index (χ3v) is 4.52. The number of methoxy groups -OCH3 is 1. The van der Waals surface area contributed by atoms with E-state index in [1.807, 2.05) is 49.4 Å². The zero-order chi connectivity index (χ0) is 19.4. The van der Waals surface area contributed by atoms with Gasteiger partial charge in [0.15, 0.2) is 17.2 Å². The molecular formula is C21H25N3O3. The van der Waals surface area contributed by atoms with Crippen LogP contribution >= 0.6 is 0 Å². The fraction of sp³-hybridized carbons (Fsp3) is 0.286. The van der Waals surface area contributed by atoms with Crippen molar-refractivity contribution < 1.29 is 14.4 Å². The van der Waals surface area contributed by atoms with E-state index in [1.165, 1.54) is 0 Å². The molecule has 1 aromatic heterocycles. The molecule has 1 heterocycles. The quantitative estimate of drug-likeness (QED) is 0.377. The number of fused-ring (bicyclic) bond motifs is 1. The molecule has 0 fully saturated rings. The van der Waals surface area contributed by atoms with Crippen molar-refractivity contribution in [3.8, 4) is 5.75 Å². The molecule has 0 aliphatic rings. The van der Waals surface area contributed by atoms with Crippen molar-refractivity contribution in [2.45, 2.75) is 20.8 Å². The molecule has 0 saturated heterocycles. The zero-order valence-corrected chi connectivity index (χ0v) is 16.1. The number of ether oxygens (including phenoxy) is 1. The monoisotopic (exact) mass is 367 g/mol. The van der Waals surface area contributed by atoms with Crippen molar-refractivity contribution in [3.05, 3.63) is 53.8 Å². The number of nitrogens with one attached hydrogen (secondary N) is 1. The van der Waals surface area contributed by atoms with Gasteiger partial charge in [-0.3, -0.25) is 5.21 Å². The lowest BCUT2D eigenvalue weighted by Gasteiger charge is -2.20. The Balaban J connectivity index is 2.19. The summed E-state index contributed by atoms with van der Waals surface area (Å²) in [6.07, 6.45) is 0. The molecule has 2 N–H and O–H groups in total. The number of para-hydroxylation sites is 1. The predicted molar refractivity (Wildman–Crippen MR) is 109 cm³/mol. The number of hydroxylamine groups is 1. The van der Waals surface area contributed by atoms with Crippen molar-refractivity contribution in [2.75, 3.05) is 25.1 Å². The van der Waals surface area contributed by atoms with E-state index < -0.39 is 0 Å². The maximum atomic E-state index is 9.72. The van der Waals surface area contributed by atoms with Crippen molar-refractivity contribution in [3.63, 3.8) is 0 Å². The van der Waals surface area contributed by atoms with Crippen LogP contribution < -0.4 is 15.1 Å². The van der Waals surface area contributed by atoms with Gasteiger partial charge in [0, 0.05) is 13.1 Å². The molecule has 0 amide bonds. The number of aryl methyl sites for hydroxylation is 1. The first-order valence-corrected chi connectivity index (χ1v) is 9.03. The Hall–Kier alpha value is -2.99. The molecule has 0 aliphatic carbocycles. The Bertz CT molecular complexity index is 958. The van der Waals surface area contributed by atoms with E-state index in [0.29, 0.717) is 22.8 Å². The lowest BCUT2D eigenvalue weighted by Crippen LogP contribution is -2.21. The summed E-state index contributed by atoms with van der Waals surface area (Å²) in [6, 6.07) is 13.6. The number of hydrogen-bond acceptors (Lipinski definition) is 5. The van der Waals surface area contributed by atoms with Crippen LogP contribution in [0.5, 0.6) is 5.75 Å². The van der Waals surface area contributed by atoms with Crippen LogP contribution in [0.1, 0.15) is 25.2 Å². The maximum Gasteiger partial charge on any atom is 0.214 e. The topological polar surface area (TPSA) is 70.2 Å². The van der Waals surface area contributed by atoms with Crippen LogP contribution in [0.4, 0.5) is 11.4 Å². The summed E-state index contributed by atoms with van der Waals surface area (Å²) >= 11 is 0. The first-order chi connectivity index (χ1) is 13.1. The highest BCUT2D eigenvalue weighted by Gasteiger charge is 2.23. The van der Waals surface area contributed by atoms with E-state index in [-0.39, 0.29) is 5.84 Å². The minimum atomic E-state index is 0.194. The summed E-state index contributed by atoms with van der Waals surface area (Å²) < 4.78 is 11.7. The minimum absolute atomic E-state index is 0.194. The summed E-state index contributed by atoms with van der Waals surface area (Å²) in [7, 11) is 1.58. The molecule has 3 aromatic rings. The number of rotatable bonds is 6. The largest absolute Gasteiger partial charge is 0.492 e. The number of aliphatic imine (C=N–C) groups is 1. The number of nitrogens with zero attached hydrogens (tertiary/aromatic N) is 2. The van der Waals surface area contributed by atoms with Crippen LogP contribution in [-0.4, -0.2) is 31.2 Å². The van der Waals surface area contributed by atoms with Gasteiger partial charge in [0.25, 0.3) is 0 Å². The summed E-state index contributed by atoms with van der Waals surface area (Å²) in [4.78, 5) is 6.70. The lowest BCUT2D eigenvalue weighted by molar-refractivity contribution is 0.232. The Labute approximate surface area is 159 Å². The summed E-state index contributed by atoms with van der Waals surface area (Å²) in [6.45, 7) is 7.91. The lowest BCUT2D eigenvalue weighted by atomic mass is 10.2. The Morgan fingerprint density at radius 1 is 1.19 bits per heavy atom. The third-order valence-electron chi connectivity index (χ3n) is 4.52. The molecule has 0 atom stereocenters. The number of furan rings is 1. The van der Waals surface area contributed by atoms with Gasteiger partial charge in [0.2, 0.25) is 5.76 Å². The first-order valence-electron chi connectivity index (χ1n) is 9.03. The predicted octanol–water partition coefficient (Wildman–Crippen LogP) is 4.65. The van der Waals surface area contributed by atoms with Gasteiger partial charge in [0.05, 0.1) is 23.9 Å². The van der Waals surface area contributed by atoms with Crippen molar-refractivity contribution in [2.24, 2.45) is 4.99 Å². The molecular weight excluding hydrogens is 342 g/mol. The van der Waals surface area contributed by atoms with E-state index in [0.717, 1.165) is 29.7 Å². The molecule has 0 saturated carbocycles. The molecule has 6 nitrogen and oxygen atoms in total. The van der Waals surface area contributed by atoms with Gasteiger partial charge in [-0.15, -0.1) is 0 Å². The molecule has 0 spiro atoms. The summed E-state index contributed by atoms with van der Waals surface area (Å²) in [5.41, 5.74) is 5.64. The van der Waals surface area contributed by atoms with Crippen LogP contribution in [0.15, 0.2) is 51.9 Å². The Morgan fingerprint density at radius 2 is 1.93 bits per heavy atom. The maximum absolute atomic E-state index is 9.72. The number of amidine groups is 1. The van der Waals surface area contributed by atoms with Crippen molar-refractivity contribution >= 4 is 28.2 Å². The van der Waals surface area contributed by atoms with Crippen LogP contribution in [0.3, 0.4) is 0 Å². The molecule has 0 bridgehead atoms. The molecule has 0 unspecified atom stereocenters. The second-order valence-corrected chi connectivity index (χ2v) is 6.20. The number of hydrogen-bond donors (Lipinski definition) is 2. The molecule has 0 aliphatic heterocycles. The van der Waals surface area contributed by atoms with Gasteiger partial charge >= 0.3 is 0 Å². The first kappa shape index (κ1) is 18.8. The molecule has 27 heavy (non-hydrogen) atoms. The van der Waals surface area contributed by atoms with Crippen LogP contribution in [0.2, 0.25) is 0 Å². The van der Waals surface area contributed by atoms with Crippen molar-refractivity contribution in [1.29, 1.82) is 0 Å². The van der Waals surface area contributed by atoms with E-state index in [9.17, 15) is 5.21 Å². The molecule has 2 aromatic carbocycles. The van der Waals surface area contributed by atoms with Crippen molar-refractivity contribution in [1.82, 2.24) is 5.48 Å². The minimum Gasteiger partial charge on any atom is -0.492 e. The summed E-state index contributed by atoms with van der Waals surface area (Å²) in [5, 5.41) is 10.6.